The zero-order valence-electron chi connectivity index (χ0n) is 15.5. The van der Waals surface area contributed by atoms with E-state index in [1.807, 2.05) is 37.9 Å². The lowest BCUT2D eigenvalue weighted by Gasteiger charge is -2.41. The third kappa shape index (κ3) is 4.92. The predicted octanol–water partition coefficient (Wildman–Crippen LogP) is 1.37. The van der Waals surface area contributed by atoms with Gasteiger partial charge in [0.1, 0.15) is 6.04 Å². The fourth-order valence-corrected chi connectivity index (χ4v) is 3.14. The second-order valence-corrected chi connectivity index (χ2v) is 7.63. The van der Waals surface area contributed by atoms with Gasteiger partial charge < -0.3 is 16.0 Å². The Labute approximate surface area is 149 Å². The molecular weight excluding hydrogens is 318 g/mol. The molecule has 3 amide bonds. The summed E-state index contributed by atoms with van der Waals surface area (Å²) in [5, 5.41) is 2.60. The highest BCUT2D eigenvalue weighted by molar-refractivity contribution is 5.87. The van der Waals surface area contributed by atoms with Crippen LogP contribution in [0.4, 0.5) is 4.79 Å². The topological polar surface area (TPSA) is 91.6 Å². The number of nitrogens with zero attached hydrogens (tertiary/aromatic N) is 3. The zero-order valence-corrected chi connectivity index (χ0v) is 15.5. The summed E-state index contributed by atoms with van der Waals surface area (Å²) in [6, 6.07) is 2.98. The van der Waals surface area contributed by atoms with Gasteiger partial charge in [0.15, 0.2) is 0 Å². The number of hydrogen-bond acceptors (Lipinski definition) is 4. The van der Waals surface area contributed by atoms with Crippen molar-refractivity contribution in [3.05, 3.63) is 30.1 Å². The molecule has 7 nitrogen and oxygen atoms in total. The largest absolute Gasteiger partial charge is 0.352 e. The molecule has 1 saturated heterocycles. The molecule has 25 heavy (non-hydrogen) atoms. The maximum Gasteiger partial charge on any atom is 0.312 e. The van der Waals surface area contributed by atoms with Gasteiger partial charge in [0.2, 0.25) is 5.91 Å². The van der Waals surface area contributed by atoms with Gasteiger partial charge in [-0.3, -0.25) is 14.7 Å². The molecule has 7 heteroatoms. The number of primary amides is 1. The maximum atomic E-state index is 12.9. The molecule has 138 valence electrons. The van der Waals surface area contributed by atoms with Gasteiger partial charge in [-0.15, -0.1) is 0 Å². The first-order valence-corrected chi connectivity index (χ1v) is 8.69. The molecule has 1 aliphatic rings. The van der Waals surface area contributed by atoms with Crippen LogP contribution in [0.3, 0.4) is 0 Å². The van der Waals surface area contributed by atoms with Crippen LogP contribution in [0.25, 0.3) is 0 Å². The number of nitrogens with one attached hydrogen (secondary N) is 1. The van der Waals surface area contributed by atoms with E-state index in [0.717, 1.165) is 13.1 Å². The molecular formula is C18H29N5O2. The lowest BCUT2D eigenvalue weighted by molar-refractivity contribution is -0.137. The van der Waals surface area contributed by atoms with E-state index in [2.05, 4.69) is 28.2 Å². The Hall–Kier alpha value is -2.15. The third-order valence-corrected chi connectivity index (χ3v) is 4.74. The SMILES string of the molecule is CC(c1cccnc1)N1CCN(C(=O)C(NC(N)=O)C(C)(C)C)CC1. The van der Waals surface area contributed by atoms with Crippen molar-refractivity contribution in [2.75, 3.05) is 26.2 Å². The smallest absolute Gasteiger partial charge is 0.312 e. The second kappa shape index (κ2) is 7.82. The first kappa shape index (κ1) is 19.2. The summed E-state index contributed by atoms with van der Waals surface area (Å²) in [5.74, 6) is -0.0695. The molecule has 0 spiro atoms. The van der Waals surface area contributed by atoms with Gasteiger partial charge in [-0.1, -0.05) is 26.8 Å². The van der Waals surface area contributed by atoms with Gasteiger partial charge in [0, 0.05) is 44.6 Å². The molecule has 1 aromatic rings. The number of carbonyl (C=O) groups excluding carboxylic acids is 2. The van der Waals surface area contributed by atoms with Crippen molar-refractivity contribution in [3.8, 4) is 0 Å². The average molecular weight is 347 g/mol. The maximum absolute atomic E-state index is 12.9. The number of amides is 3. The molecule has 2 heterocycles. The highest BCUT2D eigenvalue weighted by Gasteiger charge is 2.36. The number of carbonyl (C=O) groups is 2. The molecule has 2 rings (SSSR count). The van der Waals surface area contributed by atoms with E-state index in [9.17, 15) is 9.59 Å². The first-order chi connectivity index (χ1) is 11.7. The van der Waals surface area contributed by atoms with Crippen molar-refractivity contribution in [2.24, 2.45) is 11.1 Å². The number of nitrogens with two attached hydrogens (primary N) is 1. The molecule has 0 radical (unpaired) electrons. The van der Waals surface area contributed by atoms with Crippen LogP contribution in [0.1, 0.15) is 39.3 Å². The number of hydrogen-bond donors (Lipinski definition) is 2. The first-order valence-electron chi connectivity index (χ1n) is 8.69. The lowest BCUT2D eigenvalue weighted by Crippen LogP contribution is -2.59. The van der Waals surface area contributed by atoms with Gasteiger partial charge >= 0.3 is 6.03 Å². The van der Waals surface area contributed by atoms with E-state index >= 15 is 0 Å². The molecule has 0 aromatic carbocycles. The molecule has 2 unspecified atom stereocenters. The van der Waals surface area contributed by atoms with Crippen LogP contribution in [-0.4, -0.2) is 58.9 Å². The number of piperazine rings is 1. The quantitative estimate of drug-likeness (QED) is 0.860. The number of urea groups is 1. The van der Waals surface area contributed by atoms with Gasteiger partial charge in [-0.05, 0) is 24.0 Å². The second-order valence-electron chi connectivity index (χ2n) is 7.63. The van der Waals surface area contributed by atoms with E-state index < -0.39 is 17.5 Å². The van der Waals surface area contributed by atoms with E-state index in [1.54, 1.807) is 6.20 Å². The standard InChI is InChI=1S/C18H29N5O2/c1-13(14-6-5-7-20-12-14)22-8-10-23(11-9-22)16(24)15(18(2,3)4)21-17(19)25/h5-7,12-13,15H,8-11H2,1-4H3,(H3,19,21,25). The Kier molecular flexibility index (Phi) is 6.00. The van der Waals surface area contributed by atoms with E-state index in [-0.39, 0.29) is 11.9 Å². The Bertz CT molecular complexity index is 591. The molecule has 1 fully saturated rings. The number of aromatic nitrogens is 1. The Morgan fingerprint density at radius 1 is 1.24 bits per heavy atom. The minimum absolute atomic E-state index is 0.0695. The lowest BCUT2D eigenvalue weighted by atomic mass is 9.85. The van der Waals surface area contributed by atoms with E-state index in [0.29, 0.717) is 13.1 Å². The van der Waals surface area contributed by atoms with Crippen molar-refractivity contribution < 1.29 is 9.59 Å². The molecule has 2 atom stereocenters. The van der Waals surface area contributed by atoms with Crippen molar-refractivity contribution >= 4 is 11.9 Å². The minimum Gasteiger partial charge on any atom is -0.352 e. The minimum atomic E-state index is -0.669. The molecule has 1 aromatic heterocycles. The Balaban J connectivity index is 1.98. The van der Waals surface area contributed by atoms with Crippen molar-refractivity contribution in [3.63, 3.8) is 0 Å². The van der Waals surface area contributed by atoms with Crippen LogP contribution in [-0.2, 0) is 4.79 Å². The number of pyridine rings is 1. The molecule has 3 N–H and O–H groups in total. The van der Waals surface area contributed by atoms with Gasteiger partial charge in [-0.25, -0.2) is 4.79 Å². The summed E-state index contributed by atoms with van der Waals surface area (Å²) in [7, 11) is 0. The zero-order chi connectivity index (χ0) is 18.6. The van der Waals surface area contributed by atoms with Gasteiger partial charge in [-0.2, -0.15) is 0 Å². The van der Waals surface area contributed by atoms with Crippen LogP contribution in [0.5, 0.6) is 0 Å². The highest BCUT2D eigenvalue weighted by atomic mass is 16.2. The van der Waals surface area contributed by atoms with E-state index in [4.69, 9.17) is 5.73 Å². The average Bonchev–Trinajstić information content (AvgIpc) is 2.58. The van der Waals surface area contributed by atoms with Crippen LogP contribution < -0.4 is 11.1 Å². The molecule has 0 aliphatic carbocycles. The Morgan fingerprint density at radius 3 is 2.36 bits per heavy atom. The van der Waals surface area contributed by atoms with Crippen LogP contribution in [0, 0.1) is 5.41 Å². The summed E-state index contributed by atoms with van der Waals surface area (Å²) in [5.41, 5.74) is 6.02. The Morgan fingerprint density at radius 2 is 1.88 bits per heavy atom. The van der Waals surface area contributed by atoms with E-state index in [1.165, 1.54) is 5.56 Å². The van der Waals surface area contributed by atoms with Crippen molar-refractivity contribution in [2.45, 2.75) is 39.8 Å². The third-order valence-electron chi connectivity index (χ3n) is 4.74. The molecule has 0 saturated carbocycles. The van der Waals surface area contributed by atoms with Crippen LogP contribution in [0.15, 0.2) is 24.5 Å². The fraction of sp³-hybridized carbons (Fsp3) is 0.611. The monoisotopic (exact) mass is 347 g/mol. The van der Waals surface area contributed by atoms with Gasteiger partial charge in [0.25, 0.3) is 0 Å². The number of rotatable bonds is 4. The van der Waals surface area contributed by atoms with Crippen molar-refractivity contribution in [1.82, 2.24) is 20.1 Å². The van der Waals surface area contributed by atoms with Gasteiger partial charge in [0.05, 0.1) is 0 Å². The highest BCUT2D eigenvalue weighted by Crippen LogP contribution is 2.24. The summed E-state index contributed by atoms with van der Waals surface area (Å²) in [6.07, 6.45) is 3.65. The summed E-state index contributed by atoms with van der Waals surface area (Å²) in [6.45, 7) is 10.8. The fourth-order valence-electron chi connectivity index (χ4n) is 3.14. The summed E-state index contributed by atoms with van der Waals surface area (Å²) >= 11 is 0. The van der Waals surface area contributed by atoms with Crippen LogP contribution in [0.2, 0.25) is 0 Å². The molecule has 1 aliphatic heterocycles. The van der Waals surface area contributed by atoms with Crippen molar-refractivity contribution in [1.29, 1.82) is 0 Å². The van der Waals surface area contributed by atoms with Crippen LogP contribution >= 0.6 is 0 Å². The predicted molar refractivity (Wildman–Crippen MR) is 96.8 cm³/mol. The summed E-state index contributed by atoms with van der Waals surface area (Å²) < 4.78 is 0. The molecule has 0 bridgehead atoms. The normalized spacial score (nSPS) is 18.5. The summed E-state index contributed by atoms with van der Waals surface area (Å²) in [4.78, 5) is 32.5.